The minimum absolute atomic E-state index is 0.0415. The van der Waals surface area contributed by atoms with Crippen molar-refractivity contribution in [3.63, 3.8) is 0 Å². The number of hydrogen-bond acceptors (Lipinski definition) is 6. The van der Waals surface area contributed by atoms with Gasteiger partial charge in [-0.1, -0.05) is 11.6 Å². The third kappa shape index (κ3) is 3.30. The van der Waals surface area contributed by atoms with Crippen LogP contribution in [0.25, 0.3) is 10.9 Å². The second-order valence-corrected chi connectivity index (χ2v) is 9.25. The van der Waals surface area contributed by atoms with Gasteiger partial charge in [0.15, 0.2) is 0 Å². The zero-order valence-electron chi connectivity index (χ0n) is 16.4. The Morgan fingerprint density at radius 3 is 2.93 bits per heavy atom. The van der Waals surface area contributed by atoms with Crippen molar-refractivity contribution in [1.29, 1.82) is 5.26 Å². The SMILES string of the molecule is Cn1c(=O)c2c(c3cc(Nc4ccnc(Cl)c4C#N)ccc31)N[C@@H](C1CC1)CCS2. The third-order valence-corrected chi connectivity index (χ3v) is 7.24. The number of halogens is 1. The maximum Gasteiger partial charge on any atom is 0.266 e. The van der Waals surface area contributed by atoms with Gasteiger partial charge in [-0.25, -0.2) is 4.98 Å². The monoisotopic (exact) mass is 437 g/mol. The molecular formula is C22H20ClN5OS. The highest BCUT2D eigenvalue weighted by atomic mass is 35.5. The van der Waals surface area contributed by atoms with Crippen LogP contribution in [-0.4, -0.2) is 21.3 Å². The summed E-state index contributed by atoms with van der Waals surface area (Å²) in [5.41, 5.74) is 3.58. The van der Waals surface area contributed by atoms with Gasteiger partial charge < -0.3 is 15.2 Å². The molecule has 3 aromatic rings. The summed E-state index contributed by atoms with van der Waals surface area (Å²) < 4.78 is 1.72. The van der Waals surface area contributed by atoms with Gasteiger partial charge in [0.1, 0.15) is 16.8 Å². The van der Waals surface area contributed by atoms with Crippen LogP contribution in [0.1, 0.15) is 24.8 Å². The van der Waals surface area contributed by atoms with E-state index in [4.69, 9.17) is 11.6 Å². The molecule has 1 fully saturated rings. The predicted molar refractivity (Wildman–Crippen MR) is 122 cm³/mol. The van der Waals surface area contributed by atoms with Crippen LogP contribution in [0.3, 0.4) is 0 Å². The van der Waals surface area contributed by atoms with E-state index in [1.807, 2.05) is 25.2 Å². The van der Waals surface area contributed by atoms with Crippen LogP contribution in [0.5, 0.6) is 0 Å². The number of aromatic nitrogens is 2. The molecule has 8 heteroatoms. The molecule has 0 saturated heterocycles. The molecule has 1 atom stereocenters. The number of pyridine rings is 2. The first-order valence-electron chi connectivity index (χ1n) is 9.94. The number of rotatable bonds is 3. The largest absolute Gasteiger partial charge is 0.380 e. The summed E-state index contributed by atoms with van der Waals surface area (Å²) in [5.74, 6) is 1.65. The van der Waals surface area contributed by atoms with Gasteiger partial charge in [0, 0.05) is 36.1 Å². The Morgan fingerprint density at radius 2 is 2.17 bits per heavy atom. The fourth-order valence-corrected chi connectivity index (χ4v) is 5.42. The Bertz CT molecular complexity index is 1260. The molecule has 1 aliphatic carbocycles. The van der Waals surface area contributed by atoms with Gasteiger partial charge in [0.05, 0.1) is 21.8 Å². The zero-order valence-corrected chi connectivity index (χ0v) is 18.0. The van der Waals surface area contributed by atoms with Gasteiger partial charge in [0.2, 0.25) is 0 Å². The van der Waals surface area contributed by atoms with Crippen molar-refractivity contribution < 1.29 is 0 Å². The lowest BCUT2D eigenvalue weighted by Gasteiger charge is -2.20. The topological polar surface area (TPSA) is 82.7 Å². The first-order chi connectivity index (χ1) is 14.6. The Balaban J connectivity index is 1.64. The molecule has 0 radical (unpaired) electrons. The molecule has 30 heavy (non-hydrogen) atoms. The van der Waals surface area contributed by atoms with Crippen LogP contribution in [0, 0.1) is 17.2 Å². The fourth-order valence-electron chi connectivity index (χ4n) is 4.07. The summed E-state index contributed by atoms with van der Waals surface area (Å²) in [7, 11) is 1.82. The highest BCUT2D eigenvalue weighted by molar-refractivity contribution is 7.99. The van der Waals surface area contributed by atoms with Gasteiger partial charge in [-0.15, -0.1) is 11.8 Å². The smallest absolute Gasteiger partial charge is 0.266 e. The molecule has 1 aliphatic heterocycles. The Kier molecular flexibility index (Phi) is 4.84. The highest BCUT2D eigenvalue weighted by Gasteiger charge is 2.33. The van der Waals surface area contributed by atoms with Crippen LogP contribution in [0.2, 0.25) is 5.15 Å². The molecule has 2 aromatic heterocycles. The van der Waals surface area contributed by atoms with Crippen LogP contribution in [-0.2, 0) is 7.05 Å². The van der Waals surface area contributed by atoms with Crippen molar-refractivity contribution in [1.82, 2.24) is 9.55 Å². The number of hydrogen-bond donors (Lipinski definition) is 2. The summed E-state index contributed by atoms with van der Waals surface area (Å²) in [4.78, 5) is 17.8. The van der Waals surface area contributed by atoms with Gasteiger partial charge in [-0.2, -0.15) is 5.26 Å². The molecule has 3 heterocycles. The summed E-state index contributed by atoms with van der Waals surface area (Å²) in [6.07, 6.45) is 5.15. The molecule has 5 rings (SSSR count). The summed E-state index contributed by atoms with van der Waals surface area (Å²) >= 11 is 7.72. The number of fused-ring (bicyclic) bond motifs is 3. The van der Waals surface area contributed by atoms with Crippen LogP contribution in [0.4, 0.5) is 17.1 Å². The normalized spacial score (nSPS) is 18.2. The predicted octanol–water partition coefficient (Wildman–Crippen LogP) is 4.89. The van der Waals surface area contributed by atoms with Crippen molar-refractivity contribution in [2.45, 2.75) is 30.2 Å². The lowest BCUT2D eigenvalue weighted by atomic mass is 10.1. The third-order valence-electron chi connectivity index (χ3n) is 5.84. The number of nitrogens with zero attached hydrogens (tertiary/aromatic N) is 3. The van der Waals surface area contributed by atoms with E-state index in [0.717, 1.165) is 39.3 Å². The van der Waals surface area contributed by atoms with Gasteiger partial charge in [-0.05, 0) is 49.4 Å². The minimum atomic E-state index is 0.0415. The molecule has 152 valence electrons. The van der Waals surface area contributed by atoms with Crippen molar-refractivity contribution in [2.75, 3.05) is 16.4 Å². The Morgan fingerprint density at radius 1 is 1.33 bits per heavy atom. The van der Waals surface area contributed by atoms with Crippen LogP contribution < -0.4 is 16.2 Å². The average molecular weight is 438 g/mol. The molecule has 6 nitrogen and oxygen atoms in total. The molecule has 0 unspecified atom stereocenters. The number of aryl methyl sites for hydroxylation is 1. The molecule has 1 aromatic carbocycles. The van der Waals surface area contributed by atoms with Crippen molar-refractivity contribution in [3.05, 3.63) is 51.5 Å². The van der Waals surface area contributed by atoms with E-state index in [2.05, 4.69) is 21.7 Å². The van der Waals surface area contributed by atoms with E-state index in [-0.39, 0.29) is 10.7 Å². The molecule has 0 amide bonds. The number of anilines is 3. The first kappa shape index (κ1) is 19.3. The van der Waals surface area contributed by atoms with Gasteiger partial charge in [-0.3, -0.25) is 4.79 Å². The molecule has 2 aliphatic rings. The summed E-state index contributed by atoms with van der Waals surface area (Å²) in [5, 5.41) is 17.6. The molecule has 2 N–H and O–H groups in total. The van der Waals surface area contributed by atoms with E-state index in [9.17, 15) is 10.1 Å². The Hall–Kier alpha value is -2.69. The fraction of sp³-hybridized carbons (Fsp3) is 0.318. The summed E-state index contributed by atoms with van der Waals surface area (Å²) in [6.45, 7) is 0. The standard InChI is InChI=1S/C22H20ClN5OS/c1-28-18-5-4-13(26-17-6-8-25-21(23)15(17)11-24)10-14(18)19-20(22(28)29)30-9-7-16(27-19)12-2-3-12/h4-6,8,10,12,16,27H,2-3,7,9H2,1H3,(H,25,26)/t16-/m1/s1. The maximum absolute atomic E-state index is 13.0. The highest BCUT2D eigenvalue weighted by Crippen LogP contribution is 2.42. The molecule has 0 spiro atoms. The van der Waals surface area contributed by atoms with Gasteiger partial charge >= 0.3 is 0 Å². The van der Waals surface area contributed by atoms with E-state index in [1.54, 1.807) is 28.6 Å². The number of benzene rings is 1. The number of nitriles is 1. The van der Waals surface area contributed by atoms with E-state index < -0.39 is 0 Å². The molecule has 1 saturated carbocycles. The lowest BCUT2D eigenvalue weighted by Crippen LogP contribution is -2.24. The van der Waals surface area contributed by atoms with Crippen LogP contribution >= 0.6 is 23.4 Å². The number of nitrogens with one attached hydrogen (secondary N) is 2. The summed E-state index contributed by atoms with van der Waals surface area (Å²) in [6, 6.07) is 10.1. The zero-order chi connectivity index (χ0) is 20.8. The first-order valence-corrected chi connectivity index (χ1v) is 11.3. The van der Waals surface area contributed by atoms with Crippen molar-refractivity contribution in [3.8, 4) is 6.07 Å². The van der Waals surface area contributed by atoms with Crippen LogP contribution in [0.15, 0.2) is 40.2 Å². The average Bonchev–Trinajstić information content (AvgIpc) is 3.58. The lowest BCUT2D eigenvalue weighted by molar-refractivity contribution is 0.623. The van der Waals surface area contributed by atoms with E-state index in [0.29, 0.717) is 23.2 Å². The Labute approximate surface area is 183 Å². The van der Waals surface area contributed by atoms with Crippen molar-refractivity contribution >= 4 is 51.3 Å². The molecular weight excluding hydrogens is 418 g/mol. The van der Waals surface area contributed by atoms with E-state index in [1.165, 1.54) is 12.8 Å². The minimum Gasteiger partial charge on any atom is -0.380 e. The molecule has 0 bridgehead atoms. The quantitative estimate of drug-likeness (QED) is 0.568. The number of thioether (sulfide) groups is 1. The van der Waals surface area contributed by atoms with Gasteiger partial charge in [0.25, 0.3) is 5.56 Å². The maximum atomic E-state index is 13.0. The van der Waals surface area contributed by atoms with E-state index >= 15 is 0 Å². The second-order valence-electron chi connectivity index (χ2n) is 7.79. The second kappa shape index (κ2) is 7.53. The van der Waals surface area contributed by atoms with Crippen molar-refractivity contribution in [2.24, 2.45) is 13.0 Å².